The second kappa shape index (κ2) is 7.51. The molecule has 0 aliphatic carbocycles. The molecule has 2 heterocycles. The van der Waals surface area contributed by atoms with Crippen molar-refractivity contribution in [2.75, 3.05) is 12.3 Å². The lowest BCUT2D eigenvalue weighted by Gasteiger charge is -2.33. The monoisotopic (exact) mass is 409 g/mol. The van der Waals surface area contributed by atoms with Gasteiger partial charge in [0.15, 0.2) is 0 Å². The van der Waals surface area contributed by atoms with E-state index >= 15 is 0 Å². The van der Waals surface area contributed by atoms with Gasteiger partial charge in [-0.3, -0.25) is 10.0 Å². The molecule has 0 amide bonds. The number of hydrogen-bond donors (Lipinski definition) is 1. The summed E-state index contributed by atoms with van der Waals surface area (Å²) < 4.78 is 34.3. The van der Waals surface area contributed by atoms with Gasteiger partial charge in [-0.2, -0.15) is 4.31 Å². The van der Waals surface area contributed by atoms with Crippen LogP contribution in [0.15, 0.2) is 35.5 Å². The van der Waals surface area contributed by atoms with E-state index < -0.39 is 22.0 Å². The molecule has 28 heavy (non-hydrogen) atoms. The predicted octanol–water partition coefficient (Wildman–Crippen LogP) is 1.45. The van der Waals surface area contributed by atoms with Gasteiger partial charge in [0.25, 0.3) is 0 Å². The second-order valence-electron chi connectivity index (χ2n) is 6.70. The van der Waals surface area contributed by atoms with Gasteiger partial charge in [-0.25, -0.2) is 13.4 Å². The number of imidazole rings is 1. The van der Waals surface area contributed by atoms with Gasteiger partial charge in [-0.1, -0.05) is 0 Å². The molecule has 1 aliphatic rings. The van der Waals surface area contributed by atoms with Gasteiger partial charge in [0.1, 0.15) is 6.04 Å². The molecule has 0 radical (unpaired) electrons. The number of ether oxygens (including phenoxy) is 1. The molecule has 1 atom stereocenters. The zero-order valence-corrected chi connectivity index (χ0v) is 16.5. The van der Waals surface area contributed by atoms with Crippen molar-refractivity contribution in [3.05, 3.63) is 47.2 Å². The summed E-state index contributed by atoms with van der Waals surface area (Å²) in [5.41, 5.74) is 1.27. The number of carbonyl (C=O) groups excluding carboxylic acids is 1. The highest BCUT2D eigenvalue weighted by molar-refractivity contribution is 7.89. The van der Waals surface area contributed by atoms with Gasteiger partial charge in [-0.05, 0) is 38.1 Å². The Bertz CT molecular complexity index is 968. The fourth-order valence-corrected chi connectivity index (χ4v) is 4.77. The maximum atomic E-state index is 13.2. The molecule has 10 nitrogen and oxygen atoms in total. The molecule has 1 unspecified atom stereocenters. The lowest BCUT2D eigenvalue weighted by atomic mass is 10.1. The lowest BCUT2D eigenvalue weighted by Crippen LogP contribution is -2.49. The van der Waals surface area contributed by atoms with Crippen molar-refractivity contribution in [1.82, 2.24) is 13.9 Å². The second-order valence-corrected chi connectivity index (χ2v) is 8.59. The molecule has 0 saturated heterocycles. The first-order valence-corrected chi connectivity index (χ1v) is 10.0. The molecular formula is C17H21N4O6S-. The first-order chi connectivity index (χ1) is 13.2. The van der Waals surface area contributed by atoms with E-state index in [0.29, 0.717) is 5.69 Å². The van der Waals surface area contributed by atoms with Crippen LogP contribution >= 0.6 is 0 Å². The Kier molecular flexibility index (Phi) is 5.44. The zero-order valence-electron chi connectivity index (χ0n) is 15.6. The third kappa shape index (κ3) is 3.49. The molecule has 1 aromatic heterocycles. The number of anilines is 1. The van der Waals surface area contributed by atoms with Gasteiger partial charge < -0.3 is 19.7 Å². The minimum Gasteiger partial charge on any atom is -0.733 e. The van der Waals surface area contributed by atoms with Gasteiger partial charge in [-0.15, -0.1) is 0 Å². The molecule has 152 valence electrons. The summed E-state index contributed by atoms with van der Waals surface area (Å²) in [7, 11) is -2.88. The fourth-order valence-electron chi connectivity index (χ4n) is 3.23. The summed E-state index contributed by atoms with van der Waals surface area (Å²) in [6, 6.07) is 3.79. The number of sulfonamides is 1. The molecule has 0 bridgehead atoms. The summed E-state index contributed by atoms with van der Waals surface area (Å²) in [4.78, 5) is 16.5. The number of methoxy groups -OCH3 is 1. The summed E-state index contributed by atoms with van der Waals surface area (Å²) in [6.45, 7) is 3.87. The van der Waals surface area contributed by atoms with Crippen molar-refractivity contribution in [3.63, 3.8) is 0 Å². The number of aromatic nitrogens is 2. The van der Waals surface area contributed by atoms with E-state index in [4.69, 9.17) is 9.94 Å². The first-order valence-electron chi connectivity index (χ1n) is 8.57. The van der Waals surface area contributed by atoms with E-state index in [-0.39, 0.29) is 34.8 Å². The van der Waals surface area contributed by atoms with Crippen molar-refractivity contribution in [2.45, 2.75) is 43.8 Å². The SMILES string of the molecule is COC(=O)C1Cc2ncn(C(C)C)c2CN1S(=O)(=O)c1ccc(N([O-])O)cc1. The van der Waals surface area contributed by atoms with Crippen LogP contribution in [0.5, 0.6) is 0 Å². The van der Waals surface area contributed by atoms with Crippen molar-refractivity contribution in [2.24, 2.45) is 0 Å². The van der Waals surface area contributed by atoms with Gasteiger partial charge in [0.2, 0.25) is 10.0 Å². The maximum Gasteiger partial charge on any atom is 0.324 e. The van der Waals surface area contributed by atoms with E-state index in [9.17, 15) is 18.4 Å². The molecule has 2 aromatic rings. The minimum absolute atomic E-state index is 0.0367. The van der Waals surface area contributed by atoms with Gasteiger partial charge >= 0.3 is 5.97 Å². The summed E-state index contributed by atoms with van der Waals surface area (Å²) in [5.74, 6) is -0.675. The fraction of sp³-hybridized carbons (Fsp3) is 0.412. The van der Waals surface area contributed by atoms with Crippen LogP contribution < -0.4 is 5.23 Å². The molecule has 0 saturated carbocycles. The Hall–Kier alpha value is -2.47. The third-order valence-corrected chi connectivity index (χ3v) is 6.59. The van der Waals surface area contributed by atoms with Crippen LogP contribution in [-0.2, 0) is 32.5 Å². The Morgan fingerprint density at radius 2 is 2.00 bits per heavy atom. The van der Waals surface area contributed by atoms with Gasteiger partial charge in [0.05, 0.1) is 42.0 Å². The first kappa shape index (κ1) is 20.3. The van der Waals surface area contributed by atoms with Crippen molar-refractivity contribution < 1.29 is 23.2 Å². The molecule has 1 N–H and O–H groups in total. The van der Waals surface area contributed by atoms with E-state index in [2.05, 4.69) is 4.98 Å². The maximum absolute atomic E-state index is 13.2. The van der Waals surface area contributed by atoms with Crippen LogP contribution in [0.3, 0.4) is 0 Å². The van der Waals surface area contributed by atoms with Crippen LogP contribution in [0.2, 0.25) is 0 Å². The molecule has 11 heteroatoms. The van der Waals surface area contributed by atoms with E-state index in [1.54, 1.807) is 6.33 Å². The van der Waals surface area contributed by atoms with Crippen LogP contribution in [0, 0.1) is 5.21 Å². The predicted molar refractivity (Wildman–Crippen MR) is 98.9 cm³/mol. The highest BCUT2D eigenvalue weighted by Gasteiger charge is 2.42. The molecule has 0 spiro atoms. The summed E-state index contributed by atoms with van der Waals surface area (Å²) >= 11 is 0. The quantitative estimate of drug-likeness (QED) is 0.580. The number of nitrogens with zero attached hydrogens (tertiary/aromatic N) is 4. The van der Waals surface area contributed by atoms with E-state index in [1.165, 1.54) is 31.4 Å². The number of hydrogen-bond acceptors (Lipinski definition) is 8. The van der Waals surface area contributed by atoms with E-state index in [1.807, 2.05) is 18.4 Å². The topological polar surface area (TPSA) is 128 Å². The number of benzene rings is 1. The third-order valence-electron chi connectivity index (χ3n) is 4.72. The Balaban J connectivity index is 2.04. The molecular weight excluding hydrogens is 388 g/mol. The van der Waals surface area contributed by atoms with Crippen LogP contribution in [0.25, 0.3) is 0 Å². The normalized spacial score (nSPS) is 17.4. The molecule has 1 aliphatic heterocycles. The Labute approximate surface area is 162 Å². The highest BCUT2D eigenvalue weighted by Crippen LogP contribution is 2.31. The van der Waals surface area contributed by atoms with Crippen LogP contribution in [0.1, 0.15) is 31.3 Å². The average Bonchev–Trinajstić information content (AvgIpc) is 3.09. The number of rotatable bonds is 5. The largest absolute Gasteiger partial charge is 0.733 e. The van der Waals surface area contributed by atoms with E-state index in [0.717, 1.165) is 10.00 Å². The highest BCUT2D eigenvalue weighted by atomic mass is 32.2. The number of fused-ring (bicyclic) bond motifs is 1. The molecule has 3 rings (SSSR count). The van der Waals surface area contributed by atoms with Gasteiger partial charge in [0, 0.05) is 12.5 Å². The average molecular weight is 409 g/mol. The molecule has 0 fully saturated rings. The van der Waals surface area contributed by atoms with Crippen molar-refractivity contribution in [3.8, 4) is 0 Å². The standard InChI is InChI=1S/C17H21N4O6S/c1-11(2)19-10-18-14-8-15(17(22)27-3)20(9-16(14)19)28(25,26)13-6-4-12(5-7-13)21(23)24/h4-7,10-11,15,23H,8-9H2,1-3H3/q-1. The minimum atomic E-state index is -4.08. The zero-order chi connectivity index (χ0) is 20.6. The lowest BCUT2D eigenvalue weighted by molar-refractivity contribution is -0.145. The Morgan fingerprint density at radius 3 is 2.54 bits per heavy atom. The smallest absolute Gasteiger partial charge is 0.324 e. The molecule has 1 aromatic carbocycles. The Morgan fingerprint density at radius 1 is 1.36 bits per heavy atom. The van der Waals surface area contributed by atoms with Crippen molar-refractivity contribution >= 4 is 21.7 Å². The van der Waals surface area contributed by atoms with Crippen LogP contribution in [-0.4, -0.2) is 46.6 Å². The number of esters is 1. The summed E-state index contributed by atoms with van der Waals surface area (Å²) in [5, 5.41) is 19.5. The van der Waals surface area contributed by atoms with Crippen molar-refractivity contribution in [1.29, 1.82) is 0 Å². The van der Waals surface area contributed by atoms with Crippen LogP contribution in [0.4, 0.5) is 5.69 Å². The summed E-state index contributed by atoms with van der Waals surface area (Å²) in [6.07, 6.45) is 1.74. The number of carbonyl (C=O) groups is 1.